The maximum Gasteiger partial charge on any atom is 0.321 e. The maximum atomic E-state index is 12.6. The van der Waals surface area contributed by atoms with Crippen LogP contribution in [0.3, 0.4) is 0 Å². The molecule has 2 aromatic rings. The summed E-state index contributed by atoms with van der Waals surface area (Å²) in [5.74, 6) is 0.536. The topological polar surface area (TPSA) is 35.6 Å². The van der Waals surface area contributed by atoms with E-state index >= 15 is 0 Å². The molecular weight excluding hydrogens is 358 g/mol. The summed E-state index contributed by atoms with van der Waals surface area (Å²) in [5.41, 5.74) is 3.69. The summed E-state index contributed by atoms with van der Waals surface area (Å²) in [6.07, 6.45) is 3.39. The van der Waals surface area contributed by atoms with Crippen molar-refractivity contribution in [3.63, 3.8) is 0 Å². The monoisotopic (exact) mass is 383 g/mol. The Morgan fingerprint density at radius 1 is 1.11 bits per heavy atom. The number of hydrogen-bond donors (Lipinski definition) is 1. The number of carbonyl (C=O) groups excluding carboxylic acids is 1. The Kier molecular flexibility index (Phi) is 5.65. The zero-order chi connectivity index (χ0) is 18.6. The first-order valence-electron chi connectivity index (χ1n) is 9.78. The number of nitrogens with zero attached hydrogens (tertiary/aromatic N) is 2. The predicted octanol–water partition coefficient (Wildman–Crippen LogP) is 4.64. The van der Waals surface area contributed by atoms with Crippen molar-refractivity contribution in [2.75, 3.05) is 31.5 Å². The molecule has 0 bridgehead atoms. The van der Waals surface area contributed by atoms with E-state index in [0.29, 0.717) is 10.9 Å². The molecule has 2 aromatic carbocycles. The predicted molar refractivity (Wildman–Crippen MR) is 110 cm³/mol. The number of anilines is 1. The van der Waals surface area contributed by atoms with Crippen molar-refractivity contribution in [3.05, 3.63) is 64.7 Å². The molecule has 2 heterocycles. The molecular formula is C22H26ClN3O. The smallest absolute Gasteiger partial charge is 0.321 e. The molecule has 4 rings (SSSR count). The van der Waals surface area contributed by atoms with Gasteiger partial charge in [-0.2, -0.15) is 0 Å². The minimum atomic E-state index is -0.0223. The van der Waals surface area contributed by atoms with E-state index in [-0.39, 0.29) is 6.03 Å². The molecule has 27 heavy (non-hydrogen) atoms. The fourth-order valence-corrected chi connectivity index (χ4v) is 4.43. The summed E-state index contributed by atoms with van der Waals surface area (Å²) in [6.45, 7) is 4.86. The Balaban J connectivity index is 1.32. The minimum Gasteiger partial charge on any atom is -0.324 e. The van der Waals surface area contributed by atoms with Crippen LogP contribution in [0.2, 0.25) is 5.02 Å². The van der Waals surface area contributed by atoms with E-state index in [1.807, 2.05) is 23.1 Å². The number of carbonyl (C=O) groups is 1. The first-order valence-corrected chi connectivity index (χ1v) is 10.2. The second-order valence-electron chi connectivity index (χ2n) is 7.65. The van der Waals surface area contributed by atoms with Crippen molar-refractivity contribution < 1.29 is 4.79 Å². The Bertz CT molecular complexity index is 810. The first kappa shape index (κ1) is 18.3. The lowest BCUT2D eigenvalue weighted by Gasteiger charge is -2.37. The molecule has 0 spiro atoms. The van der Waals surface area contributed by atoms with Gasteiger partial charge in [0.15, 0.2) is 0 Å². The lowest BCUT2D eigenvalue weighted by atomic mass is 9.95. The van der Waals surface area contributed by atoms with E-state index in [1.54, 1.807) is 6.07 Å². The number of urea groups is 1. The highest BCUT2D eigenvalue weighted by atomic mass is 35.5. The summed E-state index contributed by atoms with van der Waals surface area (Å²) in [7, 11) is 0. The van der Waals surface area contributed by atoms with Gasteiger partial charge >= 0.3 is 6.03 Å². The highest BCUT2D eigenvalue weighted by Crippen LogP contribution is 2.24. The van der Waals surface area contributed by atoms with Crippen LogP contribution in [0.5, 0.6) is 0 Å². The quantitative estimate of drug-likeness (QED) is 0.837. The molecule has 0 aliphatic carbocycles. The molecule has 0 saturated carbocycles. The molecule has 1 saturated heterocycles. The van der Waals surface area contributed by atoms with Gasteiger partial charge in [0.2, 0.25) is 0 Å². The molecule has 2 aliphatic heterocycles. The van der Waals surface area contributed by atoms with Gasteiger partial charge in [-0.25, -0.2) is 4.79 Å². The second-order valence-corrected chi connectivity index (χ2v) is 8.09. The van der Waals surface area contributed by atoms with Crippen molar-refractivity contribution in [1.29, 1.82) is 0 Å². The van der Waals surface area contributed by atoms with Gasteiger partial charge in [0.25, 0.3) is 0 Å². The number of halogens is 1. The van der Waals surface area contributed by atoms with Gasteiger partial charge in [0.1, 0.15) is 0 Å². The molecule has 2 aliphatic rings. The average Bonchev–Trinajstić information content (AvgIpc) is 2.68. The first-order chi connectivity index (χ1) is 13.2. The average molecular weight is 384 g/mol. The van der Waals surface area contributed by atoms with Gasteiger partial charge < -0.3 is 10.2 Å². The van der Waals surface area contributed by atoms with E-state index in [1.165, 1.54) is 17.5 Å². The number of rotatable bonds is 3. The van der Waals surface area contributed by atoms with Crippen LogP contribution in [-0.2, 0) is 13.0 Å². The summed E-state index contributed by atoms with van der Waals surface area (Å²) < 4.78 is 0. The SMILES string of the molecule is O=C(Nc1cccc(Cl)c1)N1CCCC(CN2CCc3ccccc3C2)C1. The molecule has 1 fully saturated rings. The van der Waals surface area contributed by atoms with Crippen LogP contribution >= 0.6 is 11.6 Å². The zero-order valence-electron chi connectivity index (χ0n) is 15.5. The lowest BCUT2D eigenvalue weighted by molar-refractivity contribution is 0.140. The standard InChI is InChI=1S/C22H26ClN3O/c23-20-8-3-9-21(13-20)24-22(27)26-11-4-5-17(15-26)14-25-12-10-18-6-1-2-7-19(18)16-25/h1-3,6-9,13,17H,4-5,10-12,14-16H2,(H,24,27). The Hall–Kier alpha value is -2.04. The molecule has 4 nitrogen and oxygen atoms in total. The largest absolute Gasteiger partial charge is 0.324 e. The maximum absolute atomic E-state index is 12.6. The third kappa shape index (κ3) is 4.63. The highest BCUT2D eigenvalue weighted by molar-refractivity contribution is 6.30. The van der Waals surface area contributed by atoms with Crippen LogP contribution < -0.4 is 5.32 Å². The van der Waals surface area contributed by atoms with E-state index in [0.717, 1.165) is 51.3 Å². The molecule has 142 valence electrons. The molecule has 2 amide bonds. The Morgan fingerprint density at radius 2 is 1.96 bits per heavy atom. The fraction of sp³-hybridized carbons (Fsp3) is 0.409. The summed E-state index contributed by atoms with van der Waals surface area (Å²) in [6, 6.07) is 16.0. The van der Waals surface area contributed by atoms with Gasteiger partial charge in [-0.3, -0.25) is 4.90 Å². The number of amides is 2. The third-order valence-electron chi connectivity index (χ3n) is 5.61. The number of fused-ring (bicyclic) bond motifs is 1. The lowest BCUT2D eigenvalue weighted by Crippen LogP contribution is -2.46. The Labute approximate surface area is 166 Å². The molecule has 0 aromatic heterocycles. The van der Waals surface area contributed by atoms with Crippen molar-refractivity contribution >= 4 is 23.3 Å². The van der Waals surface area contributed by atoms with Gasteiger partial charge in [0.05, 0.1) is 0 Å². The summed E-state index contributed by atoms with van der Waals surface area (Å²) in [5, 5.41) is 3.61. The van der Waals surface area contributed by atoms with E-state index in [2.05, 4.69) is 34.5 Å². The summed E-state index contributed by atoms with van der Waals surface area (Å²) in [4.78, 5) is 17.1. The van der Waals surface area contributed by atoms with Crippen LogP contribution in [0.15, 0.2) is 48.5 Å². The van der Waals surface area contributed by atoms with Gasteiger partial charge in [0, 0.05) is 43.4 Å². The third-order valence-corrected chi connectivity index (χ3v) is 5.84. The van der Waals surface area contributed by atoms with Crippen LogP contribution in [0.25, 0.3) is 0 Å². The van der Waals surface area contributed by atoms with E-state index in [4.69, 9.17) is 11.6 Å². The van der Waals surface area contributed by atoms with Crippen molar-refractivity contribution in [2.45, 2.75) is 25.8 Å². The fourth-order valence-electron chi connectivity index (χ4n) is 4.24. The molecule has 1 unspecified atom stereocenters. The van der Waals surface area contributed by atoms with Crippen LogP contribution in [-0.4, -0.2) is 42.0 Å². The number of likely N-dealkylation sites (tertiary alicyclic amines) is 1. The van der Waals surface area contributed by atoms with Crippen molar-refractivity contribution in [1.82, 2.24) is 9.80 Å². The number of piperidine rings is 1. The van der Waals surface area contributed by atoms with Crippen LogP contribution in [0, 0.1) is 5.92 Å². The van der Waals surface area contributed by atoms with Gasteiger partial charge in [-0.15, -0.1) is 0 Å². The Morgan fingerprint density at radius 3 is 2.81 bits per heavy atom. The summed E-state index contributed by atoms with van der Waals surface area (Å²) >= 11 is 6.01. The van der Waals surface area contributed by atoms with Gasteiger partial charge in [-0.05, 0) is 54.5 Å². The van der Waals surface area contributed by atoms with E-state index in [9.17, 15) is 4.79 Å². The zero-order valence-corrected chi connectivity index (χ0v) is 16.3. The molecule has 1 N–H and O–H groups in total. The highest BCUT2D eigenvalue weighted by Gasteiger charge is 2.26. The normalized spacial score (nSPS) is 20.2. The van der Waals surface area contributed by atoms with Crippen molar-refractivity contribution in [2.24, 2.45) is 5.92 Å². The van der Waals surface area contributed by atoms with Crippen molar-refractivity contribution in [3.8, 4) is 0 Å². The van der Waals surface area contributed by atoms with E-state index < -0.39 is 0 Å². The number of benzene rings is 2. The number of hydrogen-bond acceptors (Lipinski definition) is 2. The molecule has 1 atom stereocenters. The van der Waals surface area contributed by atoms with Gasteiger partial charge in [-0.1, -0.05) is 41.9 Å². The van der Waals surface area contributed by atoms with Crippen LogP contribution in [0.4, 0.5) is 10.5 Å². The second kappa shape index (κ2) is 8.32. The van der Waals surface area contributed by atoms with Crippen LogP contribution in [0.1, 0.15) is 24.0 Å². The number of nitrogens with one attached hydrogen (secondary N) is 1. The molecule has 0 radical (unpaired) electrons. The molecule has 5 heteroatoms. The minimum absolute atomic E-state index is 0.0223.